The number of carbonyl (C=O) groups excluding carboxylic acids is 4. The third-order valence-electron chi connectivity index (χ3n) is 17.0. The summed E-state index contributed by atoms with van der Waals surface area (Å²) < 4.78 is 68.4. The number of esters is 4. The van der Waals surface area contributed by atoms with Gasteiger partial charge in [-0.15, -0.1) is 0 Å². The molecular weight excluding hydrogens is 1200 g/mol. The van der Waals surface area contributed by atoms with Crippen LogP contribution < -0.4 is 0 Å². The third kappa shape index (κ3) is 65.1. The second-order valence-corrected chi connectivity index (χ2v) is 30.1. The van der Waals surface area contributed by atoms with E-state index in [1.54, 1.807) is 0 Å². The predicted molar refractivity (Wildman–Crippen MR) is 368 cm³/mol. The Bertz CT molecular complexity index is 1790. The van der Waals surface area contributed by atoms with Gasteiger partial charge < -0.3 is 33.8 Å². The zero-order valence-corrected chi connectivity index (χ0v) is 61.1. The Morgan fingerprint density at radius 1 is 0.319 bits per heavy atom. The van der Waals surface area contributed by atoms with E-state index >= 15 is 0 Å². The van der Waals surface area contributed by atoms with Crippen molar-refractivity contribution in [3.05, 3.63) is 0 Å². The van der Waals surface area contributed by atoms with E-state index in [1.165, 1.54) is 173 Å². The smallest absolute Gasteiger partial charge is 0.462 e. The van der Waals surface area contributed by atoms with Crippen LogP contribution >= 0.6 is 15.6 Å². The molecule has 540 valence electrons. The summed E-state index contributed by atoms with van der Waals surface area (Å²) >= 11 is 0. The fourth-order valence-electron chi connectivity index (χ4n) is 10.9. The Hall–Kier alpha value is -1.94. The Balaban J connectivity index is 5.27. The first-order valence-electron chi connectivity index (χ1n) is 37.4. The van der Waals surface area contributed by atoms with Crippen molar-refractivity contribution in [3.8, 4) is 0 Å². The molecule has 0 aliphatic heterocycles. The monoisotopic (exact) mass is 1340 g/mol. The van der Waals surface area contributed by atoms with E-state index in [4.69, 9.17) is 37.0 Å². The van der Waals surface area contributed by atoms with Crippen LogP contribution in [0, 0.1) is 17.8 Å². The van der Waals surface area contributed by atoms with Crippen molar-refractivity contribution in [2.24, 2.45) is 17.8 Å². The molecule has 0 radical (unpaired) electrons. The van der Waals surface area contributed by atoms with Gasteiger partial charge in [-0.1, -0.05) is 312 Å². The number of carbonyl (C=O) groups is 4. The first kappa shape index (κ1) is 89.1. The Morgan fingerprint density at radius 2 is 0.560 bits per heavy atom. The lowest BCUT2D eigenvalue weighted by Crippen LogP contribution is -2.30. The molecule has 0 aromatic carbocycles. The minimum Gasteiger partial charge on any atom is -0.462 e. The van der Waals surface area contributed by atoms with Crippen molar-refractivity contribution < 1.29 is 80.2 Å². The van der Waals surface area contributed by atoms with Gasteiger partial charge in [0.25, 0.3) is 0 Å². The molecule has 0 fully saturated rings. The van der Waals surface area contributed by atoms with Crippen LogP contribution in [0.5, 0.6) is 0 Å². The van der Waals surface area contributed by atoms with Gasteiger partial charge in [0.15, 0.2) is 12.2 Å². The van der Waals surface area contributed by atoms with Crippen LogP contribution in [0.25, 0.3) is 0 Å². The van der Waals surface area contributed by atoms with E-state index in [1.807, 2.05) is 0 Å². The van der Waals surface area contributed by atoms with Gasteiger partial charge in [-0.3, -0.25) is 37.3 Å². The number of aliphatic hydroxyl groups is 1. The molecule has 0 aromatic rings. The summed E-state index contributed by atoms with van der Waals surface area (Å²) in [4.78, 5) is 72.6. The topological polar surface area (TPSA) is 237 Å². The molecule has 19 heteroatoms. The number of phosphoric acid groups is 2. The average molecular weight is 1340 g/mol. The molecular formula is C72H140O17P2. The van der Waals surface area contributed by atoms with Crippen molar-refractivity contribution in [1.82, 2.24) is 0 Å². The van der Waals surface area contributed by atoms with Crippen LogP contribution in [0.2, 0.25) is 0 Å². The van der Waals surface area contributed by atoms with Crippen molar-refractivity contribution in [3.63, 3.8) is 0 Å². The molecule has 0 aromatic heterocycles. The fourth-order valence-corrected chi connectivity index (χ4v) is 12.4. The highest BCUT2D eigenvalue weighted by molar-refractivity contribution is 7.47. The number of hydrogen-bond acceptors (Lipinski definition) is 15. The standard InChI is InChI=1S/C72H140O17P2/c1-8-10-11-12-13-14-17-24-32-39-46-53-69(74)82-60-68(89-72(77)56-49-42-35-28-27-31-38-45-52-65(7)9-2)62-87-91(80,81)85-58-66(73)57-84-90(78,79)86-61-67(59-83-70(75)54-47-40-33-25-21-20-23-30-37-44-51-64(5)6)88-71(76)55-48-41-34-26-19-16-15-18-22-29-36-43-50-63(3)4/h63-68,73H,8-62H2,1-7H3,(H,78,79)(H,80,81)/t65?,66-,67-,68-/m1/s1. The van der Waals surface area contributed by atoms with Crippen molar-refractivity contribution in [1.29, 1.82) is 0 Å². The van der Waals surface area contributed by atoms with Crippen molar-refractivity contribution >= 4 is 39.5 Å². The average Bonchev–Trinajstić information content (AvgIpc) is 3.15. The van der Waals surface area contributed by atoms with Gasteiger partial charge in [0.1, 0.15) is 19.3 Å². The SMILES string of the molecule is CCCCCCCCCCCCCC(=O)OC[C@H](COP(=O)(O)OC[C@H](O)COP(=O)(O)OC[C@@H](COC(=O)CCCCCCCCCCCCC(C)C)OC(=O)CCCCCCCCCCCCCCC(C)C)OC(=O)CCCCCCCCCCC(C)CC. The fraction of sp³-hybridized carbons (Fsp3) is 0.944. The Kier molecular flexibility index (Phi) is 61.5. The second-order valence-electron chi connectivity index (χ2n) is 27.2. The number of unbranched alkanes of at least 4 members (excludes halogenated alkanes) is 37. The van der Waals surface area contributed by atoms with Crippen LogP contribution in [-0.2, 0) is 65.4 Å². The van der Waals surface area contributed by atoms with E-state index < -0.39 is 97.5 Å². The quantitative estimate of drug-likeness (QED) is 0.0222. The molecule has 0 amide bonds. The number of phosphoric ester groups is 2. The van der Waals surface area contributed by atoms with Crippen LogP contribution in [0.3, 0.4) is 0 Å². The number of hydrogen-bond donors (Lipinski definition) is 3. The summed E-state index contributed by atoms with van der Waals surface area (Å²) in [6.07, 6.45) is 47.0. The van der Waals surface area contributed by atoms with E-state index in [-0.39, 0.29) is 25.7 Å². The molecule has 0 rings (SSSR count). The lowest BCUT2D eigenvalue weighted by atomic mass is 9.99. The van der Waals surface area contributed by atoms with Gasteiger partial charge in [-0.25, -0.2) is 9.13 Å². The van der Waals surface area contributed by atoms with Crippen molar-refractivity contribution in [2.75, 3.05) is 39.6 Å². The van der Waals surface area contributed by atoms with Gasteiger partial charge in [0.05, 0.1) is 26.4 Å². The summed E-state index contributed by atoms with van der Waals surface area (Å²) in [6.45, 7) is 11.9. The molecule has 3 unspecified atom stereocenters. The zero-order chi connectivity index (χ0) is 67.3. The molecule has 17 nitrogen and oxygen atoms in total. The van der Waals surface area contributed by atoms with Gasteiger partial charge in [0.2, 0.25) is 0 Å². The van der Waals surface area contributed by atoms with E-state index in [0.717, 1.165) is 108 Å². The van der Waals surface area contributed by atoms with Crippen molar-refractivity contribution in [2.45, 2.75) is 381 Å². The Labute approximate surface area is 556 Å². The number of rotatable bonds is 70. The molecule has 6 atom stereocenters. The normalized spacial score (nSPS) is 14.5. The van der Waals surface area contributed by atoms with Crippen LogP contribution in [0.4, 0.5) is 0 Å². The maximum atomic E-state index is 13.0. The summed E-state index contributed by atoms with van der Waals surface area (Å²) in [5.41, 5.74) is 0. The molecule has 3 N–H and O–H groups in total. The highest BCUT2D eigenvalue weighted by atomic mass is 31.2. The minimum absolute atomic E-state index is 0.105. The van der Waals surface area contributed by atoms with Gasteiger partial charge in [-0.05, 0) is 43.4 Å². The summed E-state index contributed by atoms with van der Waals surface area (Å²) in [5.74, 6) is 0.181. The number of aliphatic hydroxyl groups excluding tert-OH is 1. The lowest BCUT2D eigenvalue weighted by molar-refractivity contribution is -0.161. The zero-order valence-electron chi connectivity index (χ0n) is 59.3. The summed E-state index contributed by atoms with van der Waals surface area (Å²) in [6, 6.07) is 0. The van der Waals surface area contributed by atoms with Crippen LogP contribution in [0.1, 0.15) is 363 Å². The lowest BCUT2D eigenvalue weighted by Gasteiger charge is -2.21. The predicted octanol–water partition coefficient (Wildman–Crippen LogP) is 20.6. The molecule has 0 bridgehead atoms. The third-order valence-corrected chi connectivity index (χ3v) is 18.9. The minimum atomic E-state index is -4.95. The summed E-state index contributed by atoms with van der Waals surface area (Å²) in [7, 11) is -9.91. The second kappa shape index (κ2) is 62.8. The molecule has 0 heterocycles. The van der Waals surface area contributed by atoms with E-state index in [9.17, 15) is 43.2 Å². The van der Waals surface area contributed by atoms with E-state index in [2.05, 4.69) is 48.5 Å². The first-order chi connectivity index (χ1) is 43.8. The van der Waals surface area contributed by atoms with Gasteiger partial charge in [-0.2, -0.15) is 0 Å². The first-order valence-corrected chi connectivity index (χ1v) is 40.4. The Morgan fingerprint density at radius 3 is 0.835 bits per heavy atom. The molecule has 91 heavy (non-hydrogen) atoms. The van der Waals surface area contributed by atoms with Gasteiger partial charge in [0, 0.05) is 25.7 Å². The maximum absolute atomic E-state index is 13.0. The van der Waals surface area contributed by atoms with Crippen LogP contribution in [-0.4, -0.2) is 96.7 Å². The maximum Gasteiger partial charge on any atom is 0.472 e. The molecule has 0 spiro atoms. The highest BCUT2D eigenvalue weighted by Crippen LogP contribution is 2.45. The molecule has 0 saturated heterocycles. The molecule has 0 aliphatic rings. The highest BCUT2D eigenvalue weighted by Gasteiger charge is 2.30. The van der Waals surface area contributed by atoms with E-state index in [0.29, 0.717) is 25.7 Å². The van der Waals surface area contributed by atoms with Crippen LogP contribution in [0.15, 0.2) is 0 Å². The largest absolute Gasteiger partial charge is 0.472 e. The van der Waals surface area contributed by atoms with Gasteiger partial charge >= 0.3 is 39.5 Å². The number of ether oxygens (including phenoxy) is 4. The molecule has 0 aliphatic carbocycles. The molecule has 0 saturated carbocycles. The summed E-state index contributed by atoms with van der Waals surface area (Å²) in [5, 5.41) is 10.6.